The molecule has 1 radical (unpaired) electrons. The predicted octanol–water partition coefficient (Wildman–Crippen LogP) is 0.727. The quantitative estimate of drug-likeness (QED) is 0.444. The standard InChI is InChI=1S/C7H6BFN/c8-4-5-3-6(10)1-2-7(5)9/h1-4H,10H2. The van der Waals surface area contributed by atoms with Crippen LogP contribution < -0.4 is 5.73 Å². The minimum absolute atomic E-state index is 0.333. The van der Waals surface area contributed by atoms with Crippen molar-refractivity contribution < 1.29 is 4.39 Å². The summed E-state index contributed by atoms with van der Waals surface area (Å²) >= 11 is 0. The van der Waals surface area contributed by atoms with Gasteiger partial charge < -0.3 is 0 Å². The first-order valence-corrected chi connectivity index (χ1v) is 2.84. The molecule has 0 aliphatic heterocycles. The van der Waals surface area contributed by atoms with Gasteiger partial charge in [0.25, 0.3) is 0 Å². The Kier molecular flexibility index (Phi) is 1.85. The van der Waals surface area contributed by atoms with Crippen LogP contribution in [0, 0.1) is 5.82 Å². The van der Waals surface area contributed by atoms with Gasteiger partial charge in [0.05, 0.1) is 0 Å². The first kappa shape index (κ1) is 7.00. The zero-order valence-electron chi connectivity index (χ0n) is 5.34. The number of rotatable bonds is 1. The van der Waals surface area contributed by atoms with Crippen LogP contribution in [0.1, 0.15) is 5.56 Å². The van der Waals surface area contributed by atoms with E-state index < -0.39 is 0 Å². The zero-order chi connectivity index (χ0) is 7.56. The molecule has 10 heavy (non-hydrogen) atoms. The second-order valence-electron chi connectivity index (χ2n) is 1.95. The van der Waals surface area contributed by atoms with E-state index in [9.17, 15) is 4.39 Å². The maximum absolute atomic E-state index is 12.6. The molecule has 1 aromatic rings. The summed E-state index contributed by atoms with van der Waals surface area (Å²) in [6, 6.07) is 4.26. The number of anilines is 1. The van der Waals surface area contributed by atoms with Gasteiger partial charge in [-0.3, -0.25) is 0 Å². The summed E-state index contributed by atoms with van der Waals surface area (Å²) in [4.78, 5) is 0. The molecular formula is C7H6BFN. The molecule has 0 aliphatic carbocycles. The van der Waals surface area contributed by atoms with Crippen molar-refractivity contribution in [3.05, 3.63) is 29.6 Å². The number of nitrogens with two attached hydrogens (primary N) is 1. The second-order valence-corrected chi connectivity index (χ2v) is 1.95. The summed E-state index contributed by atoms with van der Waals surface area (Å²) in [5.74, 6) is 0.836. The number of hydrogen-bond donors (Lipinski definition) is 1. The molecule has 1 aromatic carbocycles. The van der Waals surface area contributed by atoms with Crippen LogP contribution in [0.4, 0.5) is 10.1 Å². The molecule has 0 spiro atoms. The first-order valence-electron chi connectivity index (χ1n) is 2.84. The van der Waals surface area contributed by atoms with Crippen LogP contribution in [0.5, 0.6) is 0 Å². The van der Waals surface area contributed by atoms with Gasteiger partial charge >= 0.3 is 58.8 Å². The van der Waals surface area contributed by atoms with Crippen LogP contribution in [-0.4, -0.2) is 13.5 Å². The van der Waals surface area contributed by atoms with Crippen molar-refractivity contribution in [3.63, 3.8) is 0 Å². The number of halogens is 1. The van der Waals surface area contributed by atoms with E-state index in [0.717, 1.165) is 0 Å². The molecule has 0 aliphatic rings. The van der Waals surface area contributed by atoms with Crippen LogP contribution in [0.3, 0.4) is 0 Å². The van der Waals surface area contributed by atoms with Crippen LogP contribution in [0.15, 0.2) is 18.2 Å². The molecule has 0 saturated carbocycles. The fourth-order valence-electron chi connectivity index (χ4n) is 0.690. The van der Waals surface area contributed by atoms with Crippen molar-refractivity contribution in [3.8, 4) is 0 Å². The molecule has 0 bridgehead atoms. The first-order chi connectivity index (χ1) is 4.74. The van der Waals surface area contributed by atoms with E-state index in [1.165, 1.54) is 24.2 Å². The van der Waals surface area contributed by atoms with Gasteiger partial charge in [0, 0.05) is 0 Å². The summed E-state index contributed by atoms with van der Waals surface area (Å²) in [5.41, 5.74) is 6.21. The van der Waals surface area contributed by atoms with Crippen molar-refractivity contribution in [2.75, 3.05) is 5.73 Å². The Hall–Kier alpha value is -1.12. The molecule has 0 fully saturated rings. The third-order valence-corrected chi connectivity index (χ3v) is 1.20. The van der Waals surface area contributed by atoms with Crippen molar-refractivity contribution in [2.24, 2.45) is 0 Å². The molecule has 0 unspecified atom stereocenters. The van der Waals surface area contributed by atoms with E-state index in [2.05, 4.69) is 0 Å². The fourth-order valence-corrected chi connectivity index (χ4v) is 0.690. The Morgan fingerprint density at radius 2 is 2.20 bits per heavy atom. The number of nitrogen functional groups attached to an aromatic ring is 1. The molecule has 2 N–H and O–H groups in total. The molecule has 3 heteroatoms. The van der Waals surface area contributed by atoms with Crippen LogP contribution in [0.2, 0.25) is 0 Å². The average molecular weight is 134 g/mol. The third-order valence-electron chi connectivity index (χ3n) is 1.20. The molecule has 0 heterocycles. The molecule has 0 aromatic heterocycles. The van der Waals surface area contributed by atoms with E-state index in [1.54, 1.807) is 0 Å². The van der Waals surface area contributed by atoms with Crippen LogP contribution in [0.25, 0.3) is 0 Å². The molecule has 49 valence electrons. The summed E-state index contributed by atoms with van der Waals surface area (Å²) in [6.45, 7) is 0. The molecular weight excluding hydrogens is 128 g/mol. The number of hydrogen-bond acceptors (Lipinski definition) is 1. The average Bonchev–Trinajstić information content (AvgIpc) is 1.94. The Morgan fingerprint density at radius 3 is 2.70 bits per heavy atom. The van der Waals surface area contributed by atoms with Gasteiger partial charge in [-0.25, -0.2) is 0 Å². The van der Waals surface area contributed by atoms with E-state index in [-0.39, 0.29) is 5.82 Å². The summed E-state index contributed by atoms with van der Waals surface area (Å²) in [7, 11) is 5.10. The van der Waals surface area contributed by atoms with Gasteiger partial charge in [0.1, 0.15) is 0 Å². The van der Waals surface area contributed by atoms with Gasteiger partial charge in [-0.15, -0.1) is 0 Å². The molecule has 0 atom stereocenters. The summed E-state index contributed by atoms with van der Waals surface area (Å²) in [5, 5.41) is 0. The Balaban J connectivity index is 3.21. The Morgan fingerprint density at radius 1 is 1.50 bits per heavy atom. The zero-order valence-corrected chi connectivity index (χ0v) is 5.34. The molecule has 1 nitrogen and oxygen atoms in total. The Labute approximate surface area is 59.7 Å². The molecule has 0 saturated heterocycles. The van der Waals surface area contributed by atoms with Crippen LogP contribution in [-0.2, 0) is 0 Å². The normalized spacial score (nSPS) is 9.20. The summed E-state index contributed by atoms with van der Waals surface area (Å²) < 4.78 is 12.6. The fraction of sp³-hybridized carbons (Fsp3) is 0. The van der Waals surface area contributed by atoms with Crippen molar-refractivity contribution in [2.45, 2.75) is 0 Å². The second kappa shape index (κ2) is 2.65. The van der Waals surface area contributed by atoms with E-state index >= 15 is 0 Å². The van der Waals surface area contributed by atoms with Crippen molar-refractivity contribution in [1.29, 1.82) is 0 Å². The van der Waals surface area contributed by atoms with E-state index in [4.69, 9.17) is 13.2 Å². The Bertz CT molecular complexity index is 260. The maximum atomic E-state index is 12.6. The molecule has 1 rings (SSSR count). The SMILES string of the molecule is [B]=Cc1cc(N)ccc1F. The van der Waals surface area contributed by atoms with Gasteiger partial charge in [0.15, 0.2) is 0 Å². The molecule has 0 amide bonds. The van der Waals surface area contributed by atoms with Gasteiger partial charge in [0.2, 0.25) is 0 Å². The topological polar surface area (TPSA) is 26.0 Å². The van der Waals surface area contributed by atoms with Crippen LogP contribution >= 0.6 is 0 Å². The monoisotopic (exact) mass is 134 g/mol. The minimum atomic E-state index is -0.350. The van der Waals surface area contributed by atoms with Crippen molar-refractivity contribution in [1.82, 2.24) is 0 Å². The van der Waals surface area contributed by atoms with Gasteiger partial charge in [-0.2, -0.15) is 0 Å². The van der Waals surface area contributed by atoms with Gasteiger partial charge in [-0.05, 0) is 0 Å². The van der Waals surface area contributed by atoms with E-state index in [1.807, 2.05) is 0 Å². The van der Waals surface area contributed by atoms with Gasteiger partial charge in [-0.1, -0.05) is 0 Å². The summed E-state index contributed by atoms with van der Waals surface area (Å²) in [6.07, 6.45) is 0. The predicted molar refractivity (Wildman–Crippen MR) is 41.7 cm³/mol. The third kappa shape index (κ3) is 1.24. The van der Waals surface area contributed by atoms with Crippen molar-refractivity contribution >= 4 is 19.1 Å². The van der Waals surface area contributed by atoms with E-state index in [0.29, 0.717) is 11.3 Å². The number of benzene rings is 1.